The molecule has 0 radical (unpaired) electrons. The maximum atomic E-state index is 12.6. The van der Waals surface area contributed by atoms with Gasteiger partial charge in [-0.05, 0) is 24.3 Å². The number of piperazine rings is 1. The molecule has 0 unspecified atom stereocenters. The molecule has 1 fully saturated rings. The first-order chi connectivity index (χ1) is 12.5. The molecule has 8 heteroatoms. The SMILES string of the molecule is CN(Cc1ccco1)C(=O)CN1CCN(S(=O)(=O)c2ccccc2)CC1. The van der Waals surface area contributed by atoms with E-state index in [4.69, 9.17) is 4.42 Å². The minimum absolute atomic E-state index is 0.0132. The van der Waals surface area contributed by atoms with E-state index < -0.39 is 10.0 Å². The van der Waals surface area contributed by atoms with Crippen molar-refractivity contribution < 1.29 is 17.6 Å². The van der Waals surface area contributed by atoms with Crippen molar-refractivity contribution in [2.75, 3.05) is 39.8 Å². The van der Waals surface area contributed by atoms with Gasteiger partial charge in [-0.2, -0.15) is 4.31 Å². The number of amides is 1. The summed E-state index contributed by atoms with van der Waals surface area (Å²) in [5, 5.41) is 0. The first-order valence-corrected chi connectivity index (χ1v) is 9.95. The Morgan fingerprint density at radius 3 is 2.38 bits per heavy atom. The van der Waals surface area contributed by atoms with Gasteiger partial charge in [0.1, 0.15) is 5.76 Å². The van der Waals surface area contributed by atoms with Crippen molar-refractivity contribution in [1.82, 2.24) is 14.1 Å². The third-order valence-corrected chi connectivity index (χ3v) is 6.38. The number of furan rings is 1. The van der Waals surface area contributed by atoms with E-state index in [0.717, 1.165) is 5.76 Å². The predicted octanol–water partition coefficient (Wildman–Crippen LogP) is 1.24. The molecule has 0 N–H and O–H groups in total. The van der Waals surface area contributed by atoms with Crippen LogP contribution in [0.4, 0.5) is 0 Å². The van der Waals surface area contributed by atoms with Crippen LogP contribution in [0.15, 0.2) is 58.0 Å². The van der Waals surface area contributed by atoms with Gasteiger partial charge in [0.25, 0.3) is 0 Å². The largest absolute Gasteiger partial charge is 0.467 e. The Kier molecular flexibility index (Phi) is 5.75. The van der Waals surface area contributed by atoms with Gasteiger partial charge in [-0.25, -0.2) is 8.42 Å². The first kappa shape index (κ1) is 18.6. The summed E-state index contributed by atoms with van der Waals surface area (Å²) in [4.78, 5) is 16.3. The van der Waals surface area contributed by atoms with E-state index in [1.807, 2.05) is 11.0 Å². The van der Waals surface area contributed by atoms with E-state index in [9.17, 15) is 13.2 Å². The predicted molar refractivity (Wildman–Crippen MR) is 96.8 cm³/mol. The lowest BCUT2D eigenvalue weighted by Crippen LogP contribution is -2.51. The second-order valence-electron chi connectivity index (χ2n) is 6.32. The fourth-order valence-corrected chi connectivity index (χ4v) is 4.35. The van der Waals surface area contributed by atoms with Crippen LogP contribution in [0.5, 0.6) is 0 Å². The smallest absolute Gasteiger partial charge is 0.243 e. The van der Waals surface area contributed by atoms with Crippen LogP contribution in [0.1, 0.15) is 5.76 Å². The molecule has 3 rings (SSSR count). The maximum absolute atomic E-state index is 12.6. The molecule has 1 aliphatic heterocycles. The minimum atomic E-state index is -3.47. The topological polar surface area (TPSA) is 74.1 Å². The second-order valence-corrected chi connectivity index (χ2v) is 8.26. The van der Waals surface area contributed by atoms with E-state index in [1.165, 1.54) is 4.31 Å². The van der Waals surface area contributed by atoms with E-state index in [0.29, 0.717) is 37.6 Å². The Morgan fingerprint density at radius 1 is 1.08 bits per heavy atom. The molecule has 0 atom stereocenters. The van der Waals surface area contributed by atoms with Crippen molar-refractivity contribution in [1.29, 1.82) is 0 Å². The second kappa shape index (κ2) is 8.03. The highest BCUT2D eigenvalue weighted by atomic mass is 32.2. The zero-order chi connectivity index (χ0) is 18.6. The summed E-state index contributed by atoms with van der Waals surface area (Å²) in [7, 11) is -1.73. The Balaban J connectivity index is 1.51. The van der Waals surface area contributed by atoms with Crippen LogP contribution < -0.4 is 0 Å². The van der Waals surface area contributed by atoms with E-state index >= 15 is 0 Å². The summed E-state index contributed by atoms with van der Waals surface area (Å²) < 4.78 is 32.0. The Labute approximate surface area is 153 Å². The van der Waals surface area contributed by atoms with Crippen molar-refractivity contribution in [3.63, 3.8) is 0 Å². The maximum Gasteiger partial charge on any atom is 0.243 e. The number of hydrogen-bond donors (Lipinski definition) is 0. The van der Waals surface area contributed by atoms with Gasteiger partial charge < -0.3 is 9.32 Å². The first-order valence-electron chi connectivity index (χ1n) is 8.51. The van der Waals surface area contributed by atoms with Crippen molar-refractivity contribution in [2.45, 2.75) is 11.4 Å². The van der Waals surface area contributed by atoms with E-state index in [2.05, 4.69) is 0 Å². The van der Waals surface area contributed by atoms with Gasteiger partial charge in [-0.1, -0.05) is 18.2 Å². The van der Waals surface area contributed by atoms with Gasteiger partial charge in [-0.3, -0.25) is 9.69 Å². The number of hydrogen-bond acceptors (Lipinski definition) is 5. The zero-order valence-electron chi connectivity index (χ0n) is 14.7. The molecule has 0 aliphatic carbocycles. The summed E-state index contributed by atoms with van der Waals surface area (Å²) in [5.41, 5.74) is 0. The average molecular weight is 377 g/mol. The summed E-state index contributed by atoms with van der Waals surface area (Å²) in [6.07, 6.45) is 1.58. The molecule has 2 aromatic rings. The Hall–Kier alpha value is -2.16. The fourth-order valence-electron chi connectivity index (χ4n) is 2.91. The number of sulfonamides is 1. The zero-order valence-corrected chi connectivity index (χ0v) is 15.6. The number of carbonyl (C=O) groups is 1. The quantitative estimate of drug-likeness (QED) is 0.757. The molecule has 26 heavy (non-hydrogen) atoms. The van der Waals surface area contributed by atoms with Crippen LogP contribution in [0, 0.1) is 0 Å². The third-order valence-electron chi connectivity index (χ3n) is 4.47. The van der Waals surface area contributed by atoms with Crippen LogP contribution in [-0.4, -0.2) is 68.2 Å². The highest BCUT2D eigenvalue weighted by Crippen LogP contribution is 2.17. The van der Waals surface area contributed by atoms with Crippen LogP contribution in [0.25, 0.3) is 0 Å². The Bertz CT molecular complexity index is 813. The van der Waals surface area contributed by atoms with E-state index in [1.54, 1.807) is 54.6 Å². The highest BCUT2D eigenvalue weighted by Gasteiger charge is 2.29. The van der Waals surface area contributed by atoms with E-state index in [-0.39, 0.29) is 12.5 Å². The molecular formula is C18H23N3O4S. The molecule has 0 saturated carbocycles. The normalized spacial score (nSPS) is 16.5. The molecule has 1 aromatic heterocycles. The van der Waals surface area contributed by atoms with Gasteiger partial charge in [0.2, 0.25) is 15.9 Å². The van der Waals surface area contributed by atoms with Gasteiger partial charge in [-0.15, -0.1) is 0 Å². The molecule has 1 aliphatic rings. The van der Waals surface area contributed by atoms with Crippen LogP contribution in [-0.2, 0) is 21.4 Å². The average Bonchev–Trinajstić information content (AvgIpc) is 3.16. The Morgan fingerprint density at radius 2 is 1.77 bits per heavy atom. The summed E-state index contributed by atoms with van der Waals surface area (Å²) in [6.45, 7) is 2.53. The summed E-state index contributed by atoms with van der Waals surface area (Å²) >= 11 is 0. The molecular weight excluding hydrogens is 354 g/mol. The fraction of sp³-hybridized carbons (Fsp3) is 0.389. The minimum Gasteiger partial charge on any atom is -0.467 e. The lowest BCUT2D eigenvalue weighted by molar-refractivity contribution is -0.132. The monoisotopic (exact) mass is 377 g/mol. The molecule has 0 spiro atoms. The molecule has 1 saturated heterocycles. The van der Waals surface area contributed by atoms with Crippen LogP contribution >= 0.6 is 0 Å². The van der Waals surface area contributed by atoms with Crippen molar-refractivity contribution >= 4 is 15.9 Å². The van der Waals surface area contributed by atoms with Gasteiger partial charge in [0.05, 0.1) is 24.2 Å². The summed E-state index contributed by atoms with van der Waals surface area (Å²) in [5.74, 6) is 0.723. The highest BCUT2D eigenvalue weighted by molar-refractivity contribution is 7.89. The van der Waals surface area contributed by atoms with Crippen molar-refractivity contribution in [3.8, 4) is 0 Å². The molecule has 1 aromatic carbocycles. The van der Waals surface area contributed by atoms with Crippen molar-refractivity contribution in [2.24, 2.45) is 0 Å². The molecule has 0 bridgehead atoms. The number of nitrogens with zero attached hydrogens (tertiary/aromatic N) is 3. The molecule has 1 amide bonds. The van der Waals surface area contributed by atoms with Crippen LogP contribution in [0.3, 0.4) is 0 Å². The molecule has 140 valence electrons. The molecule has 2 heterocycles. The number of benzene rings is 1. The lowest BCUT2D eigenvalue weighted by Gasteiger charge is -2.34. The number of rotatable bonds is 6. The number of likely N-dealkylation sites (N-methyl/N-ethyl adjacent to an activating group) is 1. The third kappa shape index (κ3) is 4.32. The van der Waals surface area contributed by atoms with Gasteiger partial charge >= 0.3 is 0 Å². The standard InChI is InChI=1S/C18H23N3O4S/c1-19(14-16-6-5-13-25-16)18(22)15-20-9-11-21(12-10-20)26(23,24)17-7-3-2-4-8-17/h2-8,13H,9-12,14-15H2,1H3. The van der Waals surface area contributed by atoms with Crippen LogP contribution in [0.2, 0.25) is 0 Å². The summed E-state index contributed by atoms with van der Waals surface area (Å²) in [6, 6.07) is 12.1. The van der Waals surface area contributed by atoms with Crippen molar-refractivity contribution in [3.05, 3.63) is 54.5 Å². The van der Waals surface area contributed by atoms with Gasteiger partial charge in [0.15, 0.2) is 0 Å². The molecule has 7 nitrogen and oxygen atoms in total. The number of carbonyl (C=O) groups excluding carboxylic acids is 1. The lowest BCUT2D eigenvalue weighted by atomic mass is 10.3. The van der Waals surface area contributed by atoms with Gasteiger partial charge in [0, 0.05) is 33.2 Å².